The topological polar surface area (TPSA) is 77.2 Å². The number of aromatic nitrogens is 1. The van der Waals surface area contributed by atoms with Gasteiger partial charge in [0.05, 0.1) is 7.11 Å². The van der Waals surface area contributed by atoms with Gasteiger partial charge < -0.3 is 15.8 Å². The van der Waals surface area contributed by atoms with E-state index in [0.717, 1.165) is 0 Å². The Hall–Kier alpha value is -1.62. The van der Waals surface area contributed by atoms with Crippen molar-refractivity contribution in [1.82, 2.24) is 10.3 Å². The number of rotatable bonds is 5. The van der Waals surface area contributed by atoms with Crippen molar-refractivity contribution in [1.29, 1.82) is 0 Å². The quantitative estimate of drug-likeness (QED) is 0.794. The predicted octanol–water partition coefficient (Wildman–Crippen LogP) is 0.805. The summed E-state index contributed by atoms with van der Waals surface area (Å²) in [7, 11) is 1.49. The number of amides is 1. The lowest BCUT2D eigenvalue weighted by atomic mass is 9.94. The summed E-state index contributed by atoms with van der Waals surface area (Å²) >= 11 is 0. The first-order chi connectivity index (χ1) is 8.00. The molecular weight excluding hydrogens is 218 g/mol. The number of nitrogens with zero attached hydrogens (tertiary/aromatic N) is 1. The van der Waals surface area contributed by atoms with Gasteiger partial charge in [0.2, 0.25) is 5.88 Å². The Morgan fingerprint density at radius 2 is 2.29 bits per heavy atom. The molecule has 0 fully saturated rings. The second kappa shape index (κ2) is 5.63. The fourth-order valence-corrected chi connectivity index (χ4v) is 1.21. The molecular formula is C12H19N3O2. The minimum Gasteiger partial charge on any atom is -0.480 e. The van der Waals surface area contributed by atoms with Crippen molar-refractivity contribution in [3.63, 3.8) is 0 Å². The van der Waals surface area contributed by atoms with Crippen molar-refractivity contribution in [3.05, 3.63) is 23.9 Å². The van der Waals surface area contributed by atoms with Crippen molar-refractivity contribution in [2.45, 2.75) is 13.8 Å². The number of hydrogen-bond donors (Lipinski definition) is 2. The van der Waals surface area contributed by atoms with Crippen LogP contribution in [0.3, 0.4) is 0 Å². The van der Waals surface area contributed by atoms with E-state index in [1.165, 1.54) is 7.11 Å². The van der Waals surface area contributed by atoms with Crippen LogP contribution in [-0.4, -0.2) is 31.1 Å². The van der Waals surface area contributed by atoms with Crippen LogP contribution in [0.1, 0.15) is 24.2 Å². The minimum absolute atomic E-state index is 0.120. The first kappa shape index (κ1) is 13.4. The highest BCUT2D eigenvalue weighted by atomic mass is 16.5. The molecule has 17 heavy (non-hydrogen) atoms. The molecule has 5 heteroatoms. The average molecular weight is 237 g/mol. The largest absolute Gasteiger partial charge is 0.480 e. The lowest BCUT2D eigenvalue weighted by Gasteiger charge is -2.22. The Morgan fingerprint density at radius 1 is 1.59 bits per heavy atom. The van der Waals surface area contributed by atoms with Crippen LogP contribution >= 0.6 is 0 Å². The van der Waals surface area contributed by atoms with E-state index in [9.17, 15) is 4.79 Å². The highest BCUT2D eigenvalue weighted by Crippen LogP contribution is 2.15. The van der Waals surface area contributed by atoms with E-state index in [2.05, 4.69) is 10.3 Å². The van der Waals surface area contributed by atoms with Gasteiger partial charge in [0.1, 0.15) is 5.56 Å². The SMILES string of the molecule is COc1ncccc1C(=O)NCC(C)(C)CN. The van der Waals surface area contributed by atoms with Crippen molar-refractivity contribution >= 4 is 5.91 Å². The van der Waals surface area contributed by atoms with Gasteiger partial charge in [0.25, 0.3) is 5.91 Å². The first-order valence-corrected chi connectivity index (χ1v) is 5.47. The third-order valence-electron chi connectivity index (χ3n) is 2.49. The molecule has 0 aromatic carbocycles. The van der Waals surface area contributed by atoms with E-state index >= 15 is 0 Å². The molecule has 1 amide bonds. The molecule has 0 aliphatic carbocycles. The summed E-state index contributed by atoms with van der Waals surface area (Å²) in [5, 5.41) is 2.83. The molecule has 3 N–H and O–H groups in total. The van der Waals surface area contributed by atoms with Gasteiger partial charge in [-0.15, -0.1) is 0 Å². The van der Waals surface area contributed by atoms with Crippen LogP contribution in [0.4, 0.5) is 0 Å². The predicted molar refractivity (Wildman–Crippen MR) is 66.0 cm³/mol. The molecule has 0 saturated carbocycles. The maximum Gasteiger partial charge on any atom is 0.256 e. The second-order valence-electron chi connectivity index (χ2n) is 4.61. The third-order valence-corrected chi connectivity index (χ3v) is 2.49. The van der Waals surface area contributed by atoms with Crippen LogP contribution in [0.25, 0.3) is 0 Å². The molecule has 1 rings (SSSR count). The first-order valence-electron chi connectivity index (χ1n) is 5.47. The van der Waals surface area contributed by atoms with Crippen molar-refractivity contribution in [3.8, 4) is 5.88 Å². The van der Waals surface area contributed by atoms with E-state index in [0.29, 0.717) is 24.5 Å². The minimum atomic E-state index is -0.198. The summed E-state index contributed by atoms with van der Waals surface area (Å²) < 4.78 is 5.03. The Labute approximate surface area is 101 Å². The number of ether oxygens (including phenoxy) is 1. The molecule has 0 radical (unpaired) electrons. The summed E-state index contributed by atoms with van der Waals surface area (Å²) in [6.45, 7) is 5.01. The van der Waals surface area contributed by atoms with Gasteiger partial charge in [-0.1, -0.05) is 13.8 Å². The summed E-state index contributed by atoms with van der Waals surface area (Å²) in [4.78, 5) is 15.9. The zero-order chi connectivity index (χ0) is 12.9. The van der Waals surface area contributed by atoms with Gasteiger partial charge in [-0.25, -0.2) is 4.98 Å². The van der Waals surface area contributed by atoms with Gasteiger partial charge in [0, 0.05) is 12.7 Å². The molecule has 94 valence electrons. The fourth-order valence-electron chi connectivity index (χ4n) is 1.21. The molecule has 0 aliphatic rings. The fraction of sp³-hybridized carbons (Fsp3) is 0.500. The smallest absolute Gasteiger partial charge is 0.256 e. The van der Waals surface area contributed by atoms with E-state index in [1.54, 1.807) is 18.3 Å². The number of pyridine rings is 1. The zero-order valence-electron chi connectivity index (χ0n) is 10.5. The number of nitrogens with two attached hydrogens (primary N) is 1. The number of carbonyl (C=O) groups excluding carboxylic acids is 1. The third kappa shape index (κ3) is 3.71. The van der Waals surface area contributed by atoms with Crippen LogP contribution in [0.5, 0.6) is 5.88 Å². The molecule has 1 aromatic heterocycles. The van der Waals surface area contributed by atoms with Crippen molar-refractivity contribution in [2.24, 2.45) is 11.1 Å². The zero-order valence-corrected chi connectivity index (χ0v) is 10.5. The van der Waals surface area contributed by atoms with Gasteiger partial charge in [0.15, 0.2) is 0 Å². The Kier molecular flexibility index (Phi) is 4.45. The van der Waals surface area contributed by atoms with Gasteiger partial charge >= 0.3 is 0 Å². The molecule has 1 heterocycles. The van der Waals surface area contributed by atoms with E-state index in [-0.39, 0.29) is 11.3 Å². The summed E-state index contributed by atoms with van der Waals surface area (Å²) in [5.74, 6) is 0.132. The molecule has 1 aromatic rings. The molecule has 0 atom stereocenters. The van der Waals surface area contributed by atoms with Crippen LogP contribution in [0, 0.1) is 5.41 Å². The van der Waals surface area contributed by atoms with Gasteiger partial charge in [-0.2, -0.15) is 0 Å². The number of carbonyl (C=O) groups is 1. The van der Waals surface area contributed by atoms with E-state index < -0.39 is 0 Å². The molecule has 0 aliphatic heterocycles. The summed E-state index contributed by atoms with van der Waals surface area (Å²) in [6, 6.07) is 3.38. The van der Waals surface area contributed by atoms with Crippen molar-refractivity contribution < 1.29 is 9.53 Å². The lowest BCUT2D eigenvalue weighted by Crippen LogP contribution is -2.38. The summed E-state index contributed by atoms with van der Waals surface area (Å²) in [5.41, 5.74) is 5.91. The number of methoxy groups -OCH3 is 1. The summed E-state index contributed by atoms with van der Waals surface area (Å²) in [6.07, 6.45) is 1.58. The number of hydrogen-bond acceptors (Lipinski definition) is 4. The Bertz CT molecular complexity index is 391. The van der Waals surface area contributed by atoms with Crippen LogP contribution in [-0.2, 0) is 0 Å². The van der Waals surface area contributed by atoms with Crippen LogP contribution in [0.15, 0.2) is 18.3 Å². The second-order valence-corrected chi connectivity index (χ2v) is 4.61. The van der Waals surface area contributed by atoms with Crippen LogP contribution < -0.4 is 15.8 Å². The Balaban J connectivity index is 2.70. The maximum absolute atomic E-state index is 11.9. The molecule has 0 bridgehead atoms. The van der Waals surface area contributed by atoms with Crippen molar-refractivity contribution in [2.75, 3.05) is 20.2 Å². The molecule has 0 saturated heterocycles. The highest BCUT2D eigenvalue weighted by Gasteiger charge is 2.19. The monoisotopic (exact) mass is 237 g/mol. The van der Waals surface area contributed by atoms with Gasteiger partial charge in [-0.05, 0) is 24.1 Å². The highest BCUT2D eigenvalue weighted by molar-refractivity contribution is 5.96. The lowest BCUT2D eigenvalue weighted by molar-refractivity contribution is 0.0934. The van der Waals surface area contributed by atoms with E-state index in [1.807, 2.05) is 13.8 Å². The average Bonchev–Trinajstić information content (AvgIpc) is 2.36. The molecule has 5 nitrogen and oxygen atoms in total. The Morgan fingerprint density at radius 3 is 2.88 bits per heavy atom. The molecule has 0 spiro atoms. The van der Waals surface area contributed by atoms with E-state index in [4.69, 9.17) is 10.5 Å². The van der Waals surface area contributed by atoms with Crippen LogP contribution in [0.2, 0.25) is 0 Å². The normalized spacial score (nSPS) is 11.1. The molecule has 0 unspecified atom stereocenters. The maximum atomic E-state index is 11.9. The standard InChI is InChI=1S/C12H19N3O2/c1-12(2,7-13)8-15-10(16)9-5-4-6-14-11(9)17-3/h4-6H,7-8,13H2,1-3H3,(H,15,16). The van der Waals surface area contributed by atoms with Gasteiger partial charge in [-0.3, -0.25) is 4.79 Å². The number of nitrogens with one attached hydrogen (secondary N) is 1.